The van der Waals surface area contributed by atoms with E-state index < -0.39 is 0 Å². The van der Waals surface area contributed by atoms with E-state index >= 15 is 0 Å². The van der Waals surface area contributed by atoms with Crippen molar-refractivity contribution in [2.75, 3.05) is 33.0 Å². The first kappa shape index (κ1) is 15.8. The highest BCUT2D eigenvalue weighted by atomic mass is 16.7. The minimum atomic E-state index is -0.118. The van der Waals surface area contributed by atoms with E-state index in [4.69, 9.17) is 14.2 Å². The van der Waals surface area contributed by atoms with Gasteiger partial charge >= 0.3 is 0 Å². The predicted molar refractivity (Wildman–Crippen MR) is 65.6 cm³/mol. The van der Waals surface area contributed by atoms with E-state index in [1.54, 1.807) is 0 Å². The van der Waals surface area contributed by atoms with Crippen molar-refractivity contribution in [1.29, 1.82) is 0 Å². The van der Waals surface area contributed by atoms with Gasteiger partial charge in [-0.25, -0.2) is 0 Å². The van der Waals surface area contributed by atoms with E-state index in [1.165, 1.54) is 0 Å². The summed E-state index contributed by atoms with van der Waals surface area (Å²) in [6.07, 6.45) is 0.677. The lowest BCUT2D eigenvalue weighted by molar-refractivity contribution is -0.146. The largest absolute Gasteiger partial charge is 0.380 e. The minimum absolute atomic E-state index is 0.118. The standard InChI is InChI=1S/C12H27NO3/c1-5-15-12(16-6-2)7-9-14-10-8-13-11(3)4/h11-13H,5-10H2,1-4H3. The van der Waals surface area contributed by atoms with Crippen LogP contribution in [-0.2, 0) is 14.2 Å². The summed E-state index contributed by atoms with van der Waals surface area (Å²) in [6.45, 7) is 11.9. The van der Waals surface area contributed by atoms with E-state index in [1.807, 2.05) is 13.8 Å². The summed E-state index contributed by atoms with van der Waals surface area (Å²) in [4.78, 5) is 0. The summed E-state index contributed by atoms with van der Waals surface area (Å²) < 4.78 is 16.3. The Morgan fingerprint density at radius 2 is 1.62 bits per heavy atom. The first-order valence-electron chi connectivity index (χ1n) is 6.25. The molecule has 16 heavy (non-hydrogen) atoms. The molecule has 0 aromatic rings. The summed E-state index contributed by atoms with van der Waals surface area (Å²) in [5.41, 5.74) is 0. The van der Waals surface area contributed by atoms with Gasteiger partial charge in [0.15, 0.2) is 6.29 Å². The van der Waals surface area contributed by atoms with Crippen LogP contribution in [0.4, 0.5) is 0 Å². The zero-order valence-electron chi connectivity index (χ0n) is 11.1. The summed E-state index contributed by atoms with van der Waals surface area (Å²) in [5, 5.41) is 3.30. The Bertz CT molecular complexity index is 136. The highest BCUT2D eigenvalue weighted by Crippen LogP contribution is 2.01. The molecule has 0 heterocycles. The van der Waals surface area contributed by atoms with Crippen molar-refractivity contribution in [3.8, 4) is 0 Å². The average molecular weight is 233 g/mol. The van der Waals surface area contributed by atoms with Crippen LogP contribution in [0.25, 0.3) is 0 Å². The van der Waals surface area contributed by atoms with Gasteiger partial charge in [0.25, 0.3) is 0 Å². The van der Waals surface area contributed by atoms with Crippen molar-refractivity contribution < 1.29 is 14.2 Å². The third kappa shape index (κ3) is 10.4. The molecule has 0 fully saturated rings. The molecule has 0 aliphatic carbocycles. The van der Waals surface area contributed by atoms with Gasteiger partial charge in [0, 0.05) is 32.2 Å². The van der Waals surface area contributed by atoms with Crippen molar-refractivity contribution in [2.24, 2.45) is 0 Å². The van der Waals surface area contributed by atoms with Crippen molar-refractivity contribution in [3.05, 3.63) is 0 Å². The van der Waals surface area contributed by atoms with E-state index in [0.717, 1.165) is 19.6 Å². The third-order valence-corrected chi connectivity index (χ3v) is 2.00. The lowest BCUT2D eigenvalue weighted by Gasteiger charge is -2.16. The van der Waals surface area contributed by atoms with E-state index in [9.17, 15) is 0 Å². The van der Waals surface area contributed by atoms with Crippen LogP contribution in [0.1, 0.15) is 34.1 Å². The third-order valence-electron chi connectivity index (χ3n) is 2.00. The van der Waals surface area contributed by atoms with Gasteiger partial charge in [-0.1, -0.05) is 13.8 Å². The van der Waals surface area contributed by atoms with Crippen LogP contribution in [0.5, 0.6) is 0 Å². The maximum atomic E-state index is 5.48. The Balaban J connectivity index is 3.32. The summed E-state index contributed by atoms with van der Waals surface area (Å²) >= 11 is 0. The topological polar surface area (TPSA) is 39.7 Å². The van der Waals surface area contributed by atoms with Gasteiger partial charge in [0.2, 0.25) is 0 Å². The highest BCUT2D eigenvalue weighted by molar-refractivity contribution is 4.51. The fraction of sp³-hybridized carbons (Fsp3) is 1.00. The number of hydrogen-bond acceptors (Lipinski definition) is 4. The Hall–Kier alpha value is -0.160. The smallest absolute Gasteiger partial charge is 0.159 e. The Morgan fingerprint density at radius 1 is 1.00 bits per heavy atom. The second-order valence-electron chi connectivity index (χ2n) is 3.85. The molecule has 0 radical (unpaired) electrons. The van der Waals surface area contributed by atoms with Gasteiger partial charge in [-0.2, -0.15) is 0 Å². The second kappa shape index (κ2) is 11.3. The van der Waals surface area contributed by atoms with Crippen LogP contribution in [0.3, 0.4) is 0 Å². The molecule has 0 unspecified atom stereocenters. The Morgan fingerprint density at radius 3 is 2.12 bits per heavy atom. The van der Waals surface area contributed by atoms with E-state index in [0.29, 0.717) is 25.9 Å². The molecule has 0 bridgehead atoms. The van der Waals surface area contributed by atoms with Crippen molar-refractivity contribution in [1.82, 2.24) is 5.32 Å². The molecule has 4 heteroatoms. The van der Waals surface area contributed by atoms with Gasteiger partial charge in [-0.05, 0) is 13.8 Å². The van der Waals surface area contributed by atoms with Gasteiger partial charge in [-0.15, -0.1) is 0 Å². The highest BCUT2D eigenvalue weighted by Gasteiger charge is 2.06. The van der Waals surface area contributed by atoms with Crippen molar-refractivity contribution in [3.63, 3.8) is 0 Å². The maximum absolute atomic E-state index is 5.48. The molecule has 0 amide bonds. The van der Waals surface area contributed by atoms with Crippen LogP contribution in [-0.4, -0.2) is 45.3 Å². The van der Waals surface area contributed by atoms with Crippen LogP contribution in [0.2, 0.25) is 0 Å². The number of rotatable bonds is 11. The van der Waals surface area contributed by atoms with Gasteiger partial charge in [0.1, 0.15) is 0 Å². The first-order chi connectivity index (χ1) is 7.70. The quantitative estimate of drug-likeness (QED) is 0.436. The molecule has 4 nitrogen and oxygen atoms in total. The lowest BCUT2D eigenvalue weighted by Crippen LogP contribution is -2.27. The number of ether oxygens (including phenoxy) is 3. The van der Waals surface area contributed by atoms with E-state index in [-0.39, 0.29) is 6.29 Å². The van der Waals surface area contributed by atoms with Crippen LogP contribution in [0, 0.1) is 0 Å². The van der Waals surface area contributed by atoms with Crippen LogP contribution < -0.4 is 5.32 Å². The zero-order chi connectivity index (χ0) is 12.2. The Labute approximate surface area is 99.6 Å². The fourth-order valence-electron chi connectivity index (χ4n) is 1.29. The number of hydrogen-bond donors (Lipinski definition) is 1. The molecule has 0 spiro atoms. The molecular weight excluding hydrogens is 206 g/mol. The van der Waals surface area contributed by atoms with Crippen molar-refractivity contribution >= 4 is 0 Å². The molecular formula is C12H27NO3. The van der Waals surface area contributed by atoms with Crippen LogP contribution >= 0.6 is 0 Å². The summed E-state index contributed by atoms with van der Waals surface area (Å²) in [6, 6.07) is 0.517. The predicted octanol–water partition coefficient (Wildman–Crippen LogP) is 1.79. The maximum Gasteiger partial charge on any atom is 0.159 e. The molecule has 0 aromatic carbocycles. The normalized spacial score (nSPS) is 11.6. The molecule has 98 valence electrons. The Kier molecular flexibility index (Phi) is 11.2. The van der Waals surface area contributed by atoms with Crippen molar-refractivity contribution in [2.45, 2.75) is 46.4 Å². The molecule has 0 atom stereocenters. The lowest BCUT2D eigenvalue weighted by atomic mass is 10.4. The molecule has 0 aromatic heterocycles. The second-order valence-corrected chi connectivity index (χ2v) is 3.85. The average Bonchev–Trinajstić information content (AvgIpc) is 2.23. The fourth-order valence-corrected chi connectivity index (χ4v) is 1.29. The molecule has 0 saturated carbocycles. The first-order valence-corrected chi connectivity index (χ1v) is 6.25. The SMILES string of the molecule is CCOC(CCOCCNC(C)C)OCC. The van der Waals surface area contributed by atoms with Gasteiger partial charge in [0.05, 0.1) is 13.2 Å². The molecule has 0 rings (SSSR count). The zero-order valence-corrected chi connectivity index (χ0v) is 11.1. The molecule has 0 saturated heterocycles. The van der Waals surface area contributed by atoms with Gasteiger partial charge in [-0.3, -0.25) is 0 Å². The number of nitrogens with one attached hydrogen (secondary N) is 1. The minimum Gasteiger partial charge on any atom is -0.380 e. The van der Waals surface area contributed by atoms with Gasteiger partial charge < -0.3 is 19.5 Å². The molecule has 1 N–H and O–H groups in total. The summed E-state index contributed by atoms with van der Waals surface area (Å²) in [7, 11) is 0. The summed E-state index contributed by atoms with van der Waals surface area (Å²) in [5.74, 6) is 0. The molecule has 0 aliphatic heterocycles. The molecule has 0 aliphatic rings. The van der Waals surface area contributed by atoms with Crippen LogP contribution in [0.15, 0.2) is 0 Å². The van der Waals surface area contributed by atoms with E-state index in [2.05, 4.69) is 19.2 Å². The monoisotopic (exact) mass is 233 g/mol.